The number of carbonyl (C=O) groups is 11. The third kappa shape index (κ3) is 20.7. The van der Waals surface area contributed by atoms with Crippen molar-refractivity contribution in [2.24, 2.45) is 17.8 Å². The molecule has 1 aromatic carbocycles. The Balaban J connectivity index is 1.74. The molecule has 0 spiro atoms. The van der Waals surface area contributed by atoms with Crippen molar-refractivity contribution in [1.29, 1.82) is 0 Å². The maximum atomic E-state index is 14.6. The molecule has 0 bridgehead atoms. The van der Waals surface area contributed by atoms with Crippen molar-refractivity contribution >= 4 is 65.0 Å². The van der Waals surface area contributed by atoms with E-state index in [9.17, 15) is 73.2 Å². The Bertz CT molecular complexity index is 2410. The number of fused-ring (bicyclic) bond motifs is 2. The van der Waals surface area contributed by atoms with Gasteiger partial charge in [-0.25, -0.2) is 0 Å². The lowest BCUT2D eigenvalue weighted by Gasteiger charge is -2.33. The van der Waals surface area contributed by atoms with Crippen molar-refractivity contribution in [1.82, 2.24) is 57.7 Å². The minimum absolute atomic E-state index is 0.0330. The first-order valence-electron chi connectivity index (χ1n) is 29.9. The zero-order valence-corrected chi connectivity index (χ0v) is 49.8. The molecular formula is C58H93N11O15. The van der Waals surface area contributed by atoms with Gasteiger partial charge in [0.05, 0.1) is 26.4 Å². The van der Waals surface area contributed by atoms with Crippen molar-refractivity contribution in [3.8, 4) is 5.75 Å². The predicted octanol–water partition coefficient (Wildman–Crippen LogP) is -1.21. The average Bonchev–Trinajstić information content (AvgIpc) is 3.87. The van der Waals surface area contributed by atoms with Crippen molar-refractivity contribution in [2.45, 2.75) is 205 Å². The van der Waals surface area contributed by atoms with Gasteiger partial charge in [0.25, 0.3) is 0 Å². The normalized spacial score (nSPS) is 27.3. The molecule has 13 N–H and O–H groups in total. The summed E-state index contributed by atoms with van der Waals surface area (Å²) in [5, 5.41) is 64.8. The second-order valence-corrected chi connectivity index (χ2v) is 22.9. The van der Waals surface area contributed by atoms with Gasteiger partial charge in [-0.2, -0.15) is 0 Å². The summed E-state index contributed by atoms with van der Waals surface area (Å²) in [6.45, 7) is 9.49. The second-order valence-electron chi connectivity index (χ2n) is 22.9. The molecule has 470 valence electrons. The van der Waals surface area contributed by atoms with Gasteiger partial charge in [0.15, 0.2) is 0 Å². The molecule has 11 amide bonds. The number of benzene rings is 1. The van der Waals surface area contributed by atoms with Crippen LogP contribution >= 0.6 is 0 Å². The summed E-state index contributed by atoms with van der Waals surface area (Å²) >= 11 is 0. The maximum Gasteiger partial charge on any atom is 0.248 e. The number of amides is 11. The summed E-state index contributed by atoms with van der Waals surface area (Å²) in [5.74, 6) is -10.2. The molecule has 26 nitrogen and oxygen atoms in total. The van der Waals surface area contributed by atoms with E-state index < -0.39 is 164 Å². The molecule has 0 aromatic heterocycles. The fourth-order valence-corrected chi connectivity index (χ4v) is 10.6. The number of carbonyl (C=O) groups excluding carboxylic acids is 11. The molecule has 3 unspecified atom stereocenters. The maximum absolute atomic E-state index is 14.6. The Morgan fingerprint density at radius 3 is 1.60 bits per heavy atom. The lowest BCUT2D eigenvalue weighted by atomic mass is 9.93. The molecule has 0 radical (unpaired) electrons. The molecule has 26 heteroatoms. The molecule has 3 saturated heterocycles. The van der Waals surface area contributed by atoms with Crippen LogP contribution in [-0.4, -0.2) is 195 Å². The number of hydrogen-bond acceptors (Lipinski definition) is 15. The monoisotopic (exact) mass is 1180 g/mol. The first-order chi connectivity index (χ1) is 40.0. The van der Waals surface area contributed by atoms with Gasteiger partial charge in [-0.1, -0.05) is 106 Å². The Morgan fingerprint density at radius 1 is 0.512 bits per heavy atom. The first kappa shape index (κ1) is 69.6. The Labute approximate surface area is 492 Å². The van der Waals surface area contributed by atoms with Gasteiger partial charge in [0.1, 0.15) is 60.1 Å². The van der Waals surface area contributed by atoms with E-state index in [1.54, 1.807) is 27.7 Å². The number of aliphatic hydroxyl groups excluding tert-OH is 3. The lowest BCUT2D eigenvalue weighted by molar-refractivity contribution is -0.143. The molecule has 3 fully saturated rings. The first-order valence-corrected chi connectivity index (χ1v) is 29.9. The molecule has 0 saturated carbocycles. The van der Waals surface area contributed by atoms with Crippen molar-refractivity contribution in [3.05, 3.63) is 29.8 Å². The number of phenolic OH excluding ortho intramolecular Hbond substituents is 1. The topological polar surface area (TPSA) is 383 Å². The van der Waals surface area contributed by atoms with Gasteiger partial charge in [0.2, 0.25) is 65.0 Å². The van der Waals surface area contributed by atoms with Crippen LogP contribution in [0.15, 0.2) is 24.3 Å². The molecule has 3 aliphatic heterocycles. The zero-order valence-electron chi connectivity index (χ0n) is 49.8. The minimum Gasteiger partial charge on any atom is -0.508 e. The minimum atomic E-state index is -1.71. The van der Waals surface area contributed by atoms with Gasteiger partial charge in [0, 0.05) is 32.0 Å². The van der Waals surface area contributed by atoms with Crippen molar-refractivity contribution < 1.29 is 73.2 Å². The number of nitrogens with one attached hydrogen (secondary N) is 9. The summed E-state index contributed by atoms with van der Waals surface area (Å²) in [5.41, 5.74) is 0.444. The molecule has 84 heavy (non-hydrogen) atoms. The van der Waals surface area contributed by atoms with Crippen LogP contribution in [0, 0.1) is 17.8 Å². The van der Waals surface area contributed by atoms with Crippen LogP contribution in [0.2, 0.25) is 0 Å². The zero-order chi connectivity index (χ0) is 62.2. The Kier molecular flexibility index (Phi) is 28.8. The second kappa shape index (κ2) is 34.7. The van der Waals surface area contributed by atoms with E-state index in [-0.39, 0.29) is 63.3 Å². The number of hydrogen-bond donors (Lipinski definition) is 13. The molecule has 0 aliphatic carbocycles. The van der Waals surface area contributed by atoms with Crippen LogP contribution in [-0.2, 0) is 59.2 Å². The van der Waals surface area contributed by atoms with Crippen LogP contribution < -0.4 is 47.9 Å². The van der Waals surface area contributed by atoms with Crippen LogP contribution in [0.4, 0.5) is 0 Å². The van der Waals surface area contributed by atoms with E-state index in [0.29, 0.717) is 37.7 Å². The van der Waals surface area contributed by atoms with Crippen molar-refractivity contribution in [2.75, 3.05) is 39.5 Å². The van der Waals surface area contributed by atoms with Gasteiger partial charge < -0.3 is 78.1 Å². The van der Waals surface area contributed by atoms with E-state index in [2.05, 4.69) is 54.8 Å². The van der Waals surface area contributed by atoms with E-state index in [1.165, 1.54) is 29.2 Å². The number of nitrogens with zero attached hydrogens (tertiary/aromatic N) is 2. The number of aliphatic hydroxyl groups is 3. The molecule has 1 aromatic rings. The van der Waals surface area contributed by atoms with E-state index >= 15 is 0 Å². The highest BCUT2D eigenvalue weighted by atomic mass is 16.3. The summed E-state index contributed by atoms with van der Waals surface area (Å²) in [6.07, 6.45) is 5.83. The standard InChI is InChI=1S/C58H93N11O15/c1-8-11-12-13-14-17-37-28-46(74)61-41(30-70)52(78)65-43(32-72)57(83)68-24-16-19-45(68)55(81)64-42(31-71)53(79)63-40(27-36-20-22-38(73)23-21-36)50(76)62-39(26-33(4)5)51(77)66-48(34(6)9-2)56(82)67-49(35(7)10-3)58(84)69-25-15-18-44(69)54(80)59-29-47(75)60-37/h20-23,33-35,37,39-45,48-49,70-73H,8-19,24-32H2,1-7H3,(H,59,80)(H,60,75)(H,61,74)(H,62,76)(H,63,79)(H,64,81)(H,65,78)(H,66,77)(H,67,82)/t34-,35?,37-,39-,40-,41-,42-,43-,44+,45?,48+,49?/m1/s1. The number of phenols is 1. The van der Waals surface area contributed by atoms with Crippen LogP contribution in [0.3, 0.4) is 0 Å². The molecular weight excluding hydrogens is 1090 g/mol. The van der Waals surface area contributed by atoms with Gasteiger partial charge in [-0.15, -0.1) is 0 Å². The predicted molar refractivity (Wildman–Crippen MR) is 307 cm³/mol. The van der Waals surface area contributed by atoms with E-state index in [1.807, 2.05) is 13.8 Å². The highest BCUT2D eigenvalue weighted by Gasteiger charge is 2.43. The number of unbranched alkanes of at least 4 members (excludes halogenated alkanes) is 4. The SMILES string of the molecule is CCCCCCC[C@@H]1CC(=O)N[C@H](CO)C(=O)N[C@H](CO)C(=O)N2CCCC2C(=O)N[C@H](CO)C(=O)N[C@H](Cc2ccc(O)cc2)C(=O)N[C@H](CC(C)C)C(=O)N[C@@H]([C@H](C)CC)C(=O)NC(C(C)CC)C(=O)N2CCC[C@H]2C(=O)NCC(=O)N1. The molecule has 3 aliphatic rings. The summed E-state index contributed by atoms with van der Waals surface area (Å²) in [6, 6.07) is -7.64. The van der Waals surface area contributed by atoms with Crippen LogP contribution in [0.25, 0.3) is 0 Å². The largest absolute Gasteiger partial charge is 0.508 e. The van der Waals surface area contributed by atoms with E-state index in [4.69, 9.17) is 0 Å². The fraction of sp³-hybridized carbons (Fsp3) is 0.707. The van der Waals surface area contributed by atoms with Crippen LogP contribution in [0.1, 0.15) is 144 Å². The van der Waals surface area contributed by atoms with Crippen LogP contribution in [0.5, 0.6) is 5.75 Å². The Hall–Kier alpha value is -6.93. The van der Waals surface area contributed by atoms with Gasteiger partial charge in [-0.3, -0.25) is 52.7 Å². The summed E-state index contributed by atoms with van der Waals surface area (Å²) < 4.78 is 0. The van der Waals surface area contributed by atoms with Crippen molar-refractivity contribution in [3.63, 3.8) is 0 Å². The fourth-order valence-electron chi connectivity index (χ4n) is 10.6. The molecule has 3 heterocycles. The molecule has 12 atom stereocenters. The number of rotatable bonds is 17. The third-order valence-corrected chi connectivity index (χ3v) is 15.9. The highest BCUT2D eigenvalue weighted by Crippen LogP contribution is 2.24. The third-order valence-electron chi connectivity index (χ3n) is 15.9. The van der Waals surface area contributed by atoms with Gasteiger partial charge in [-0.05, 0) is 74.0 Å². The number of aromatic hydroxyl groups is 1. The van der Waals surface area contributed by atoms with Gasteiger partial charge >= 0.3 is 0 Å². The summed E-state index contributed by atoms with van der Waals surface area (Å²) in [4.78, 5) is 157. The van der Waals surface area contributed by atoms with E-state index in [0.717, 1.165) is 30.6 Å². The average molecular weight is 1180 g/mol. The molecule has 4 rings (SSSR count). The highest BCUT2D eigenvalue weighted by molar-refractivity contribution is 5.99. The quantitative estimate of drug-likeness (QED) is 0.0815. The Morgan fingerprint density at radius 2 is 1.01 bits per heavy atom. The summed E-state index contributed by atoms with van der Waals surface area (Å²) in [7, 11) is 0. The lowest BCUT2D eigenvalue weighted by Crippen LogP contribution is -2.62. The smallest absolute Gasteiger partial charge is 0.248 e.